The Hall–Kier alpha value is -2.70. The highest BCUT2D eigenvalue weighted by Crippen LogP contribution is 2.33. The van der Waals surface area contributed by atoms with Gasteiger partial charge in [-0.1, -0.05) is 55.7 Å². The Morgan fingerprint density at radius 1 is 0.970 bits per heavy atom. The molecule has 0 saturated carbocycles. The molecule has 176 valence electrons. The lowest BCUT2D eigenvalue weighted by atomic mass is 9.92. The number of aliphatic hydroxyl groups is 1. The van der Waals surface area contributed by atoms with Crippen molar-refractivity contribution in [2.45, 2.75) is 63.9 Å². The number of nitrogens with zero attached hydrogens (tertiary/aromatic N) is 1. The molecule has 1 N–H and O–H groups in total. The van der Waals surface area contributed by atoms with Gasteiger partial charge in [0.15, 0.2) is 5.76 Å². The van der Waals surface area contributed by atoms with Crippen LogP contribution < -0.4 is 0 Å². The zero-order chi connectivity index (χ0) is 23.0. The van der Waals surface area contributed by atoms with Crippen molar-refractivity contribution in [2.24, 2.45) is 0 Å². The molecule has 0 unspecified atom stereocenters. The van der Waals surface area contributed by atoms with Crippen LogP contribution in [0.5, 0.6) is 0 Å². The monoisotopic (exact) mass is 453 g/mol. The lowest BCUT2D eigenvalue weighted by Gasteiger charge is -2.32. The zero-order valence-corrected chi connectivity index (χ0v) is 18.9. The van der Waals surface area contributed by atoms with E-state index < -0.39 is 6.29 Å². The van der Waals surface area contributed by atoms with Crippen LogP contribution in [0.15, 0.2) is 60.4 Å². The van der Waals surface area contributed by atoms with Gasteiger partial charge in [0.25, 0.3) is 5.91 Å². The number of benzene rings is 2. The highest BCUT2D eigenvalue weighted by atomic mass is 19.1. The zero-order valence-electron chi connectivity index (χ0n) is 18.9. The Kier molecular flexibility index (Phi) is 8.13. The van der Waals surface area contributed by atoms with Crippen molar-refractivity contribution in [1.82, 2.24) is 4.90 Å². The first kappa shape index (κ1) is 23.5. The van der Waals surface area contributed by atoms with Crippen molar-refractivity contribution in [3.05, 3.63) is 82.9 Å². The molecule has 0 radical (unpaired) electrons. The number of hydrogen-bond donors (Lipinski definition) is 1. The average molecular weight is 454 g/mol. The lowest BCUT2D eigenvalue weighted by Crippen LogP contribution is -2.38. The first-order valence-electron chi connectivity index (χ1n) is 11.9. The molecule has 2 atom stereocenters. The maximum absolute atomic E-state index is 13.5. The summed E-state index contributed by atoms with van der Waals surface area (Å²) in [6.45, 7) is 1.81. The van der Waals surface area contributed by atoms with Gasteiger partial charge in [0.05, 0.1) is 13.2 Å². The van der Waals surface area contributed by atoms with E-state index >= 15 is 0 Å². The minimum absolute atomic E-state index is 0.00100. The van der Waals surface area contributed by atoms with Crippen molar-refractivity contribution in [3.63, 3.8) is 0 Å². The van der Waals surface area contributed by atoms with Crippen molar-refractivity contribution in [2.75, 3.05) is 13.1 Å². The summed E-state index contributed by atoms with van der Waals surface area (Å²) >= 11 is 0. The predicted octanol–water partition coefficient (Wildman–Crippen LogP) is 5.04. The first-order valence-corrected chi connectivity index (χ1v) is 11.9. The van der Waals surface area contributed by atoms with Gasteiger partial charge in [0.2, 0.25) is 6.29 Å². The van der Waals surface area contributed by atoms with Crippen LogP contribution in [0.25, 0.3) is 0 Å². The molecule has 0 aliphatic carbocycles. The average Bonchev–Trinajstić information content (AvgIpc) is 2.83. The number of halogens is 1. The van der Waals surface area contributed by atoms with Gasteiger partial charge >= 0.3 is 0 Å². The molecule has 0 bridgehead atoms. The summed E-state index contributed by atoms with van der Waals surface area (Å²) in [4.78, 5) is 15.2. The van der Waals surface area contributed by atoms with Gasteiger partial charge in [-0.2, -0.15) is 0 Å². The van der Waals surface area contributed by atoms with Crippen LogP contribution in [-0.4, -0.2) is 35.3 Å². The Labute approximate surface area is 194 Å². The van der Waals surface area contributed by atoms with Crippen LogP contribution in [0, 0.1) is 5.82 Å². The van der Waals surface area contributed by atoms with Crippen molar-refractivity contribution in [1.29, 1.82) is 0 Å². The van der Waals surface area contributed by atoms with Gasteiger partial charge in [-0.3, -0.25) is 4.79 Å². The molecule has 0 spiro atoms. The number of amides is 1. The molecule has 4 rings (SSSR count). The van der Waals surface area contributed by atoms with E-state index in [0.29, 0.717) is 18.8 Å². The molecular weight excluding hydrogens is 421 g/mol. The summed E-state index contributed by atoms with van der Waals surface area (Å²) < 4.78 is 25.6. The standard InChI is InChI=1S/C27H32FNO4/c28-24-12-10-22(11-13-24)23-16-25(27(31)29-14-4-2-1-3-5-15-29)33-26(17-23)32-19-21-8-6-20(18-30)7-9-21/h6-13,16,23,26,30H,1-5,14-15,17-19H2/t23-,26+/m1/s1. The molecule has 33 heavy (non-hydrogen) atoms. The first-order chi connectivity index (χ1) is 16.1. The third-order valence-corrected chi connectivity index (χ3v) is 6.35. The van der Waals surface area contributed by atoms with Gasteiger partial charge < -0.3 is 19.5 Å². The number of hydrogen-bond acceptors (Lipinski definition) is 4. The number of aliphatic hydroxyl groups excluding tert-OH is 1. The third-order valence-electron chi connectivity index (χ3n) is 6.35. The number of allylic oxidation sites excluding steroid dienone is 1. The van der Waals surface area contributed by atoms with E-state index in [9.17, 15) is 14.3 Å². The Morgan fingerprint density at radius 3 is 2.27 bits per heavy atom. The maximum atomic E-state index is 13.5. The number of carbonyl (C=O) groups is 1. The molecule has 6 heteroatoms. The van der Waals surface area contributed by atoms with E-state index in [1.54, 1.807) is 12.1 Å². The third kappa shape index (κ3) is 6.42. The lowest BCUT2D eigenvalue weighted by molar-refractivity contribution is -0.156. The fourth-order valence-corrected chi connectivity index (χ4v) is 4.39. The minimum Gasteiger partial charge on any atom is -0.459 e. The SMILES string of the molecule is O=C(C1=C[C@@H](c2ccc(F)cc2)C[C@@H](OCc2ccc(CO)cc2)O1)N1CCCCCCC1. The quantitative estimate of drug-likeness (QED) is 0.666. The summed E-state index contributed by atoms with van der Waals surface area (Å²) in [5.41, 5.74) is 2.73. The summed E-state index contributed by atoms with van der Waals surface area (Å²) in [5, 5.41) is 9.22. The Morgan fingerprint density at radius 2 is 1.61 bits per heavy atom. The Balaban J connectivity index is 1.50. The topological polar surface area (TPSA) is 59.0 Å². The molecule has 5 nitrogen and oxygen atoms in total. The fourth-order valence-electron chi connectivity index (χ4n) is 4.39. The molecule has 2 aromatic rings. The van der Waals surface area contributed by atoms with Crippen molar-refractivity contribution < 1.29 is 23.8 Å². The normalized spacial score (nSPS) is 21.5. The highest BCUT2D eigenvalue weighted by Gasteiger charge is 2.31. The smallest absolute Gasteiger partial charge is 0.288 e. The van der Waals surface area contributed by atoms with Crippen LogP contribution in [0.3, 0.4) is 0 Å². The van der Waals surface area contributed by atoms with E-state index in [0.717, 1.165) is 55.5 Å². The second-order valence-corrected chi connectivity index (χ2v) is 8.82. The van der Waals surface area contributed by atoms with Crippen molar-refractivity contribution >= 4 is 5.91 Å². The summed E-state index contributed by atoms with van der Waals surface area (Å²) in [6.07, 6.45) is 7.33. The molecule has 1 amide bonds. The fraction of sp³-hybridized carbons (Fsp3) is 0.444. The van der Waals surface area contributed by atoms with Crippen LogP contribution >= 0.6 is 0 Å². The highest BCUT2D eigenvalue weighted by molar-refractivity contribution is 5.91. The van der Waals surface area contributed by atoms with Crippen LogP contribution in [0.4, 0.5) is 4.39 Å². The van der Waals surface area contributed by atoms with Gasteiger partial charge in [0, 0.05) is 25.4 Å². The molecule has 2 aliphatic heterocycles. The van der Waals surface area contributed by atoms with Gasteiger partial charge in [0.1, 0.15) is 5.82 Å². The molecule has 2 heterocycles. The largest absolute Gasteiger partial charge is 0.459 e. The van der Waals surface area contributed by atoms with Crippen molar-refractivity contribution in [3.8, 4) is 0 Å². The minimum atomic E-state index is -0.587. The molecule has 1 saturated heterocycles. The predicted molar refractivity (Wildman–Crippen MR) is 124 cm³/mol. The van der Waals surface area contributed by atoms with E-state index in [1.165, 1.54) is 18.6 Å². The van der Waals surface area contributed by atoms with Gasteiger partial charge in [-0.05, 0) is 47.7 Å². The molecule has 1 fully saturated rings. The number of carbonyl (C=O) groups excluding carboxylic acids is 1. The van der Waals surface area contributed by atoms with Gasteiger partial charge in [-0.25, -0.2) is 4.39 Å². The van der Waals surface area contributed by atoms with Crippen LogP contribution in [0.1, 0.15) is 61.1 Å². The van der Waals surface area contributed by atoms with Crippen LogP contribution in [-0.2, 0) is 27.5 Å². The number of rotatable bonds is 6. The van der Waals surface area contributed by atoms with E-state index in [4.69, 9.17) is 9.47 Å². The molecular formula is C27H32FNO4. The van der Waals surface area contributed by atoms with Gasteiger partial charge in [-0.15, -0.1) is 0 Å². The van der Waals surface area contributed by atoms with E-state index in [2.05, 4.69) is 0 Å². The number of ether oxygens (including phenoxy) is 2. The summed E-state index contributed by atoms with van der Waals surface area (Å²) in [6, 6.07) is 13.9. The second kappa shape index (κ2) is 11.4. The summed E-state index contributed by atoms with van der Waals surface area (Å²) in [5.74, 6) is -0.165. The maximum Gasteiger partial charge on any atom is 0.288 e. The summed E-state index contributed by atoms with van der Waals surface area (Å²) in [7, 11) is 0. The number of likely N-dealkylation sites (tertiary alicyclic amines) is 1. The molecule has 2 aliphatic rings. The van der Waals surface area contributed by atoms with Crippen LogP contribution in [0.2, 0.25) is 0 Å². The molecule has 2 aromatic carbocycles. The molecule has 0 aromatic heterocycles. The second-order valence-electron chi connectivity index (χ2n) is 8.82. The van der Waals surface area contributed by atoms with E-state index in [-0.39, 0.29) is 24.2 Å². The Bertz CT molecular complexity index is 934. The van der Waals surface area contributed by atoms with E-state index in [1.807, 2.05) is 35.2 Å².